The highest BCUT2D eigenvalue weighted by Crippen LogP contribution is 2.19. The number of sulfonamides is 1. The van der Waals surface area contributed by atoms with Gasteiger partial charge in [0.2, 0.25) is 0 Å². The molecule has 8 heteroatoms. The van der Waals surface area contributed by atoms with Gasteiger partial charge in [-0.25, -0.2) is 13.4 Å². The molecule has 0 aliphatic rings. The topological polar surface area (TPSA) is 114 Å². The molecular formula is C11H21N5O2S. The summed E-state index contributed by atoms with van der Waals surface area (Å²) in [7, 11) is -2.07. The van der Waals surface area contributed by atoms with E-state index in [2.05, 4.69) is 9.71 Å². The van der Waals surface area contributed by atoms with E-state index >= 15 is 0 Å². The van der Waals surface area contributed by atoms with Gasteiger partial charge in [-0.15, -0.1) is 0 Å². The minimum absolute atomic E-state index is 0.0555. The van der Waals surface area contributed by atoms with Crippen LogP contribution < -0.4 is 10.5 Å². The van der Waals surface area contributed by atoms with E-state index in [1.165, 1.54) is 6.20 Å². The van der Waals surface area contributed by atoms with Crippen molar-refractivity contribution in [2.24, 2.45) is 12.8 Å². The summed E-state index contributed by atoms with van der Waals surface area (Å²) in [6.45, 7) is 5.30. The van der Waals surface area contributed by atoms with Crippen LogP contribution in [0, 0.1) is 12.3 Å². The second-order valence-electron chi connectivity index (χ2n) is 4.55. The Hall–Kier alpha value is -1.41. The highest BCUT2D eigenvalue weighted by atomic mass is 32.2. The van der Waals surface area contributed by atoms with Crippen LogP contribution in [0.5, 0.6) is 0 Å². The lowest BCUT2D eigenvalue weighted by Crippen LogP contribution is -2.56. The fraction of sp³-hybridized carbons (Fsp3) is 0.636. The highest BCUT2D eigenvalue weighted by Gasteiger charge is 2.36. The SMILES string of the molecule is CCC(CC)(NS(=O)(=O)c1cn(C)c(C)n1)C(=N)N. The molecule has 0 radical (unpaired) electrons. The van der Waals surface area contributed by atoms with Gasteiger partial charge < -0.3 is 10.3 Å². The number of imidazole rings is 1. The maximum Gasteiger partial charge on any atom is 0.260 e. The van der Waals surface area contributed by atoms with Gasteiger partial charge in [0.05, 0.1) is 5.54 Å². The zero-order valence-electron chi connectivity index (χ0n) is 11.7. The predicted octanol–water partition coefficient (Wildman–Crippen LogP) is 0.502. The number of aromatic nitrogens is 2. The Morgan fingerprint density at radius 3 is 2.37 bits per heavy atom. The summed E-state index contributed by atoms with van der Waals surface area (Å²) >= 11 is 0. The summed E-state index contributed by atoms with van der Waals surface area (Å²) in [4.78, 5) is 4.00. The zero-order chi connectivity index (χ0) is 14.8. The monoisotopic (exact) mass is 287 g/mol. The zero-order valence-corrected chi connectivity index (χ0v) is 12.5. The molecule has 0 bridgehead atoms. The van der Waals surface area contributed by atoms with Crippen LogP contribution in [0.2, 0.25) is 0 Å². The van der Waals surface area contributed by atoms with Crippen LogP contribution in [-0.4, -0.2) is 29.3 Å². The maximum atomic E-state index is 12.3. The number of hydrogen-bond donors (Lipinski definition) is 3. The molecule has 0 unspecified atom stereocenters. The van der Waals surface area contributed by atoms with E-state index in [1.54, 1.807) is 32.4 Å². The molecule has 0 aliphatic heterocycles. The Morgan fingerprint density at radius 1 is 1.53 bits per heavy atom. The summed E-state index contributed by atoms with van der Waals surface area (Å²) in [6.07, 6.45) is 2.25. The van der Waals surface area contributed by atoms with E-state index in [0.717, 1.165) is 0 Å². The van der Waals surface area contributed by atoms with E-state index in [1.807, 2.05) is 0 Å². The maximum absolute atomic E-state index is 12.3. The van der Waals surface area contributed by atoms with Crippen molar-refractivity contribution < 1.29 is 8.42 Å². The van der Waals surface area contributed by atoms with Crippen molar-refractivity contribution >= 4 is 15.9 Å². The quantitative estimate of drug-likeness (QED) is 0.522. The van der Waals surface area contributed by atoms with Crippen LogP contribution in [-0.2, 0) is 17.1 Å². The normalized spacial score (nSPS) is 12.6. The van der Waals surface area contributed by atoms with Gasteiger partial charge in [0.1, 0.15) is 11.7 Å². The molecule has 0 aromatic carbocycles. The molecule has 0 saturated carbocycles. The number of amidine groups is 1. The summed E-state index contributed by atoms with van der Waals surface area (Å²) in [5, 5.41) is 7.56. The molecule has 1 rings (SSSR count). The standard InChI is InChI=1S/C11H21N5O2S/c1-5-11(6-2,10(12)13)15-19(17,18)9-7-16(4)8(3)14-9/h7,15H,5-6H2,1-4H3,(H3,12,13). The molecule has 0 atom stereocenters. The van der Waals surface area contributed by atoms with Gasteiger partial charge in [0, 0.05) is 13.2 Å². The van der Waals surface area contributed by atoms with E-state index < -0.39 is 15.6 Å². The molecule has 108 valence electrons. The van der Waals surface area contributed by atoms with Crippen molar-refractivity contribution in [1.29, 1.82) is 5.41 Å². The number of hydrogen-bond acceptors (Lipinski definition) is 4. The van der Waals surface area contributed by atoms with Gasteiger partial charge in [-0.2, -0.15) is 4.72 Å². The van der Waals surface area contributed by atoms with Crippen LogP contribution in [0.1, 0.15) is 32.5 Å². The molecule has 0 aliphatic carbocycles. The van der Waals surface area contributed by atoms with Crippen molar-refractivity contribution in [1.82, 2.24) is 14.3 Å². The Bertz CT molecular complexity index is 552. The third-order valence-corrected chi connectivity index (χ3v) is 4.82. The first-order valence-electron chi connectivity index (χ1n) is 6.07. The fourth-order valence-corrected chi connectivity index (χ4v) is 3.36. The number of nitrogens with zero attached hydrogens (tertiary/aromatic N) is 2. The number of aryl methyl sites for hydroxylation is 2. The second-order valence-corrected chi connectivity index (χ2v) is 6.17. The Morgan fingerprint density at radius 2 is 2.05 bits per heavy atom. The molecular weight excluding hydrogens is 266 g/mol. The number of nitrogens with two attached hydrogens (primary N) is 1. The second kappa shape index (κ2) is 5.30. The van der Waals surface area contributed by atoms with Crippen molar-refractivity contribution in [2.45, 2.75) is 44.2 Å². The van der Waals surface area contributed by atoms with Crippen LogP contribution in [0.4, 0.5) is 0 Å². The van der Waals surface area contributed by atoms with Crippen LogP contribution in [0.15, 0.2) is 11.2 Å². The van der Waals surface area contributed by atoms with Crippen LogP contribution in [0.25, 0.3) is 0 Å². The summed E-state index contributed by atoms with van der Waals surface area (Å²) in [5.74, 6) is 0.413. The van der Waals surface area contributed by atoms with Gasteiger partial charge in [-0.05, 0) is 19.8 Å². The summed E-state index contributed by atoms with van der Waals surface area (Å²) < 4.78 is 28.7. The third-order valence-electron chi connectivity index (χ3n) is 3.41. The predicted molar refractivity (Wildman–Crippen MR) is 73.5 cm³/mol. The molecule has 19 heavy (non-hydrogen) atoms. The highest BCUT2D eigenvalue weighted by molar-refractivity contribution is 7.89. The average Bonchev–Trinajstić information content (AvgIpc) is 2.67. The molecule has 1 aromatic rings. The first-order valence-corrected chi connectivity index (χ1v) is 7.55. The number of rotatable bonds is 6. The van der Waals surface area contributed by atoms with Gasteiger partial charge in [0.15, 0.2) is 5.03 Å². The molecule has 1 heterocycles. The van der Waals surface area contributed by atoms with E-state index in [0.29, 0.717) is 18.7 Å². The van der Waals surface area contributed by atoms with Crippen molar-refractivity contribution in [3.05, 3.63) is 12.0 Å². The molecule has 4 N–H and O–H groups in total. The minimum Gasteiger partial charge on any atom is -0.386 e. The molecule has 0 fully saturated rings. The fourth-order valence-electron chi connectivity index (χ4n) is 1.80. The first-order chi connectivity index (χ1) is 8.68. The van der Waals surface area contributed by atoms with Gasteiger partial charge in [-0.3, -0.25) is 5.41 Å². The first kappa shape index (κ1) is 15.6. The van der Waals surface area contributed by atoms with Crippen molar-refractivity contribution in [2.75, 3.05) is 0 Å². The minimum atomic E-state index is -3.79. The lowest BCUT2D eigenvalue weighted by atomic mass is 9.93. The van der Waals surface area contributed by atoms with E-state index in [4.69, 9.17) is 11.1 Å². The Kier molecular flexibility index (Phi) is 4.36. The summed E-state index contributed by atoms with van der Waals surface area (Å²) in [5.41, 5.74) is 4.49. The molecule has 0 saturated heterocycles. The van der Waals surface area contributed by atoms with E-state index in [9.17, 15) is 8.42 Å². The lowest BCUT2D eigenvalue weighted by molar-refractivity contribution is 0.457. The van der Waals surface area contributed by atoms with Gasteiger partial charge in [-0.1, -0.05) is 13.8 Å². The van der Waals surface area contributed by atoms with Crippen molar-refractivity contribution in [3.8, 4) is 0 Å². The molecule has 0 amide bonds. The van der Waals surface area contributed by atoms with Gasteiger partial charge >= 0.3 is 0 Å². The molecule has 0 spiro atoms. The van der Waals surface area contributed by atoms with Crippen LogP contribution in [0.3, 0.4) is 0 Å². The largest absolute Gasteiger partial charge is 0.386 e. The van der Waals surface area contributed by atoms with Gasteiger partial charge in [0.25, 0.3) is 10.0 Å². The summed E-state index contributed by atoms with van der Waals surface area (Å²) in [6, 6.07) is 0. The van der Waals surface area contributed by atoms with E-state index in [-0.39, 0.29) is 10.9 Å². The Labute approximate surface area is 113 Å². The van der Waals surface area contributed by atoms with Crippen LogP contribution >= 0.6 is 0 Å². The Balaban J connectivity index is 3.18. The third kappa shape index (κ3) is 2.95. The smallest absolute Gasteiger partial charge is 0.260 e. The average molecular weight is 287 g/mol. The molecule has 1 aromatic heterocycles. The number of nitrogens with one attached hydrogen (secondary N) is 2. The molecule has 7 nitrogen and oxygen atoms in total. The lowest BCUT2D eigenvalue weighted by Gasteiger charge is -2.30. The van der Waals surface area contributed by atoms with Crippen molar-refractivity contribution in [3.63, 3.8) is 0 Å².